The van der Waals surface area contributed by atoms with E-state index in [1.165, 1.54) is 0 Å². The molecule has 0 atom stereocenters. The van der Waals surface area contributed by atoms with Crippen molar-refractivity contribution in [1.29, 1.82) is 0 Å². The largest absolute Gasteiger partial charge is 0.493 e. The minimum Gasteiger partial charge on any atom is -0.493 e. The van der Waals surface area contributed by atoms with Gasteiger partial charge in [0.2, 0.25) is 0 Å². The molecular formula is C15H19NO2. The van der Waals surface area contributed by atoms with Crippen LogP contribution in [0.4, 0.5) is 0 Å². The van der Waals surface area contributed by atoms with Crippen molar-refractivity contribution < 1.29 is 9.53 Å². The van der Waals surface area contributed by atoms with Gasteiger partial charge in [0.15, 0.2) is 5.78 Å². The summed E-state index contributed by atoms with van der Waals surface area (Å²) < 4.78 is 7.57. The van der Waals surface area contributed by atoms with Crippen LogP contribution in [0.25, 0.3) is 10.9 Å². The highest BCUT2D eigenvalue weighted by molar-refractivity contribution is 5.88. The molecular weight excluding hydrogens is 226 g/mol. The molecule has 0 bridgehead atoms. The first kappa shape index (κ1) is 12.7. The van der Waals surface area contributed by atoms with Gasteiger partial charge in [0.25, 0.3) is 0 Å². The van der Waals surface area contributed by atoms with E-state index < -0.39 is 0 Å². The minimum absolute atomic E-state index is 0.0672. The van der Waals surface area contributed by atoms with Crippen LogP contribution in [0, 0.1) is 5.92 Å². The van der Waals surface area contributed by atoms with Gasteiger partial charge in [-0.2, -0.15) is 0 Å². The van der Waals surface area contributed by atoms with Crippen LogP contribution in [0.3, 0.4) is 0 Å². The van der Waals surface area contributed by atoms with E-state index in [1.54, 1.807) is 0 Å². The van der Waals surface area contributed by atoms with Gasteiger partial charge in [-0.1, -0.05) is 19.9 Å². The van der Waals surface area contributed by atoms with Crippen molar-refractivity contribution in [3.63, 3.8) is 0 Å². The van der Waals surface area contributed by atoms with Gasteiger partial charge in [0.05, 0.1) is 18.7 Å². The molecule has 1 aromatic heterocycles. The Bertz CT molecular complexity index is 555. The highest BCUT2D eigenvalue weighted by Crippen LogP contribution is 2.26. The number of hydrogen-bond acceptors (Lipinski definition) is 2. The quantitative estimate of drug-likeness (QED) is 0.809. The Morgan fingerprint density at radius 3 is 2.78 bits per heavy atom. The maximum atomic E-state index is 11.8. The zero-order valence-electron chi connectivity index (χ0n) is 11.1. The predicted octanol–water partition coefficient (Wildman–Crippen LogP) is 3.27. The van der Waals surface area contributed by atoms with Crippen molar-refractivity contribution in [2.24, 2.45) is 5.92 Å². The number of carbonyl (C=O) groups excluding carboxylic acids is 1. The van der Waals surface area contributed by atoms with Crippen LogP contribution in [0.2, 0.25) is 0 Å². The van der Waals surface area contributed by atoms with E-state index in [2.05, 4.69) is 0 Å². The van der Waals surface area contributed by atoms with Crippen LogP contribution >= 0.6 is 0 Å². The molecule has 0 aliphatic carbocycles. The fourth-order valence-corrected chi connectivity index (χ4v) is 1.96. The van der Waals surface area contributed by atoms with E-state index in [9.17, 15) is 4.79 Å². The standard InChI is InChI=1S/C15H19NO2/c1-4-18-15-7-5-6-13-12(15)8-9-16(13)10-14(17)11(2)3/h5-9,11H,4,10H2,1-3H3. The summed E-state index contributed by atoms with van der Waals surface area (Å²) in [5.41, 5.74) is 1.05. The molecule has 96 valence electrons. The molecule has 0 aliphatic rings. The Balaban J connectivity index is 2.36. The van der Waals surface area contributed by atoms with Gasteiger partial charge < -0.3 is 9.30 Å². The van der Waals surface area contributed by atoms with Crippen LogP contribution in [0.1, 0.15) is 20.8 Å². The zero-order valence-corrected chi connectivity index (χ0v) is 11.1. The Morgan fingerprint density at radius 1 is 1.33 bits per heavy atom. The van der Waals surface area contributed by atoms with Gasteiger partial charge in [-0.3, -0.25) is 4.79 Å². The van der Waals surface area contributed by atoms with E-state index in [-0.39, 0.29) is 11.7 Å². The van der Waals surface area contributed by atoms with Crippen LogP contribution in [-0.2, 0) is 11.3 Å². The molecule has 0 aliphatic heterocycles. The Morgan fingerprint density at radius 2 is 2.11 bits per heavy atom. The minimum atomic E-state index is 0.0672. The summed E-state index contributed by atoms with van der Waals surface area (Å²) >= 11 is 0. The number of rotatable bonds is 5. The van der Waals surface area contributed by atoms with Gasteiger partial charge >= 0.3 is 0 Å². The summed E-state index contributed by atoms with van der Waals surface area (Å²) in [4.78, 5) is 11.8. The van der Waals surface area contributed by atoms with Gasteiger partial charge in [-0.05, 0) is 25.1 Å². The molecule has 0 radical (unpaired) electrons. The molecule has 3 nitrogen and oxygen atoms in total. The van der Waals surface area contributed by atoms with E-state index in [0.29, 0.717) is 13.2 Å². The van der Waals surface area contributed by atoms with Crippen LogP contribution in [0.5, 0.6) is 5.75 Å². The first-order valence-electron chi connectivity index (χ1n) is 6.37. The highest BCUT2D eigenvalue weighted by atomic mass is 16.5. The SMILES string of the molecule is CCOc1cccc2c1ccn2CC(=O)C(C)C. The Hall–Kier alpha value is -1.77. The van der Waals surface area contributed by atoms with Crippen molar-refractivity contribution in [2.75, 3.05) is 6.61 Å². The molecule has 18 heavy (non-hydrogen) atoms. The summed E-state index contributed by atoms with van der Waals surface area (Å²) in [6, 6.07) is 7.95. The van der Waals surface area contributed by atoms with Gasteiger partial charge in [-0.25, -0.2) is 0 Å². The molecule has 2 rings (SSSR count). The van der Waals surface area contributed by atoms with Crippen molar-refractivity contribution in [3.05, 3.63) is 30.5 Å². The van der Waals surface area contributed by atoms with E-state index >= 15 is 0 Å². The average molecular weight is 245 g/mol. The number of fused-ring (bicyclic) bond motifs is 1. The average Bonchev–Trinajstić information content (AvgIpc) is 2.74. The number of carbonyl (C=O) groups is 1. The first-order chi connectivity index (χ1) is 8.63. The van der Waals surface area contributed by atoms with Crippen molar-refractivity contribution in [1.82, 2.24) is 4.57 Å². The third-order valence-electron chi connectivity index (χ3n) is 3.04. The number of aromatic nitrogens is 1. The molecule has 3 heteroatoms. The maximum Gasteiger partial charge on any atom is 0.155 e. The van der Waals surface area contributed by atoms with Crippen LogP contribution in [-0.4, -0.2) is 17.0 Å². The second-order valence-corrected chi connectivity index (χ2v) is 4.69. The molecule has 0 amide bonds. The molecule has 1 aromatic carbocycles. The second-order valence-electron chi connectivity index (χ2n) is 4.69. The Kier molecular flexibility index (Phi) is 3.70. The number of nitrogens with zero attached hydrogens (tertiary/aromatic N) is 1. The highest BCUT2D eigenvalue weighted by Gasteiger charge is 2.11. The van der Waals surface area contributed by atoms with E-state index in [1.807, 2.05) is 55.8 Å². The fourth-order valence-electron chi connectivity index (χ4n) is 1.96. The molecule has 0 N–H and O–H groups in total. The number of hydrogen-bond donors (Lipinski definition) is 0. The van der Waals surface area contributed by atoms with Crippen molar-refractivity contribution in [3.8, 4) is 5.75 Å². The van der Waals surface area contributed by atoms with Crippen molar-refractivity contribution >= 4 is 16.7 Å². The zero-order chi connectivity index (χ0) is 13.1. The topological polar surface area (TPSA) is 31.2 Å². The second kappa shape index (κ2) is 5.25. The van der Waals surface area contributed by atoms with E-state index in [4.69, 9.17) is 4.74 Å². The lowest BCUT2D eigenvalue weighted by Crippen LogP contribution is -2.14. The van der Waals surface area contributed by atoms with Crippen LogP contribution < -0.4 is 4.74 Å². The molecule has 0 spiro atoms. The smallest absolute Gasteiger partial charge is 0.155 e. The molecule has 1 heterocycles. The van der Waals surface area contributed by atoms with Crippen molar-refractivity contribution in [2.45, 2.75) is 27.3 Å². The summed E-state index contributed by atoms with van der Waals surface area (Å²) in [5, 5.41) is 1.07. The number of Topliss-reactive ketones (excluding diaryl/α,β-unsaturated/α-hetero) is 1. The first-order valence-corrected chi connectivity index (χ1v) is 6.37. The molecule has 2 aromatic rings. The number of ketones is 1. The van der Waals surface area contributed by atoms with Gasteiger partial charge in [0, 0.05) is 17.5 Å². The number of benzene rings is 1. The summed E-state index contributed by atoms with van der Waals surface area (Å²) in [7, 11) is 0. The summed E-state index contributed by atoms with van der Waals surface area (Å²) in [5.74, 6) is 1.19. The third-order valence-corrected chi connectivity index (χ3v) is 3.04. The monoisotopic (exact) mass is 245 g/mol. The predicted molar refractivity (Wildman–Crippen MR) is 73.0 cm³/mol. The lowest BCUT2D eigenvalue weighted by atomic mass is 10.1. The number of ether oxygens (including phenoxy) is 1. The lowest BCUT2D eigenvalue weighted by molar-refractivity contribution is -0.122. The maximum absolute atomic E-state index is 11.8. The van der Waals surface area contributed by atoms with Gasteiger partial charge in [0.1, 0.15) is 5.75 Å². The molecule has 0 saturated heterocycles. The van der Waals surface area contributed by atoms with Gasteiger partial charge in [-0.15, -0.1) is 0 Å². The molecule has 0 saturated carbocycles. The Labute approximate surface area is 107 Å². The molecule has 0 unspecified atom stereocenters. The normalized spacial score (nSPS) is 11.1. The summed E-state index contributed by atoms with van der Waals surface area (Å²) in [6.45, 7) is 6.91. The summed E-state index contributed by atoms with van der Waals surface area (Å²) in [6.07, 6.45) is 1.95. The molecule has 0 fully saturated rings. The van der Waals surface area contributed by atoms with E-state index in [0.717, 1.165) is 16.7 Å². The lowest BCUT2D eigenvalue weighted by Gasteiger charge is -2.08. The fraction of sp³-hybridized carbons (Fsp3) is 0.400. The van der Waals surface area contributed by atoms with Crippen LogP contribution in [0.15, 0.2) is 30.5 Å². The third kappa shape index (κ3) is 2.40.